The van der Waals surface area contributed by atoms with Gasteiger partial charge in [0.05, 0.1) is 5.69 Å². The van der Waals surface area contributed by atoms with Crippen molar-refractivity contribution in [3.63, 3.8) is 0 Å². The first-order valence-electron chi connectivity index (χ1n) is 7.61. The number of aryl methyl sites for hydroxylation is 2. The van der Waals surface area contributed by atoms with Crippen LogP contribution in [-0.2, 0) is 21.1 Å². The highest BCUT2D eigenvalue weighted by atomic mass is 16.5. The van der Waals surface area contributed by atoms with Crippen molar-refractivity contribution in [2.45, 2.75) is 0 Å². The summed E-state index contributed by atoms with van der Waals surface area (Å²) in [7, 11) is 4.64. The van der Waals surface area contributed by atoms with Crippen LogP contribution in [0.1, 0.15) is 0 Å². The zero-order chi connectivity index (χ0) is 18.4. The Morgan fingerprint density at radius 3 is 2.35 bits per heavy atom. The summed E-state index contributed by atoms with van der Waals surface area (Å²) in [5.74, 6) is 0.516. The van der Waals surface area contributed by atoms with Crippen molar-refractivity contribution in [2.75, 3.05) is 0 Å². The molecule has 3 heterocycles. The summed E-state index contributed by atoms with van der Waals surface area (Å²) in [5.41, 5.74) is 0.444. The summed E-state index contributed by atoms with van der Waals surface area (Å²) >= 11 is 0. The first-order chi connectivity index (χ1) is 12.5. The molecule has 4 aromatic rings. The van der Waals surface area contributed by atoms with Crippen LogP contribution < -0.4 is 16.0 Å². The number of tetrazole rings is 1. The Kier molecular flexibility index (Phi) is 3.42. The van der Waals surface area contributed by atoms with E-state index in [1.165, 1.54) is 27.2 Å². The van der Waals surface area contributed by atoms with Crippen molar-refractivity contribution in [1.29, 1.82) is 0 Å². The Morgan fingerprint density at radius 1 is 0.962 bits per heavy atom. The van der Waals surface area contributed by atoms with Gasteiger partial charge in [0, 0.05) is 21.1 Å². The van der Waals surface area contributed by atoms with Gasteiger partial charge in [-0.3, -0.25) is 18.5 Å². The minimum absolute atomic E-state index is 0.202. The van der Waals surface area contributed by atoms with E-state index in [1.54, 1.807) is 38.4 Å². The molecule has 0 aliphatic rings. The second-order valence-corrected chi connectivity index (χ2v) is 5.68. The molecule has 0 fully saturated rings. The summed E-state index contributed by atoms with van der Waals surface area (Å²) < 4.78 is 11.2. The largest absolute Gasteiger partial charge is 0.425 e. The maximum atomic E-state index is 12.4. The Labute approximate surface area is 145 Å². The molecule has 0 spiro atoms. The van der Waals surface area contributed by atoms with E-state index in [0.29, 0.717) is 5.75 Å². The maximum absolute atomic E-state index is 12.4. The van der Waals surface area contributed by atoms with Crippen molar-refractivity contribution in [2.24, 2.45) is 21.1 Å². The van der Waals surface area contributed by atoms with E-state index in [2.05, 4.69) is 20.5 Å². The second-order valence-electron chi connectivity index (χ2n) is 5.68. The van der Waals surface area contributed by atoms with E-state index in [0.717, 1.165) is 10.3 Å². The minimum atomic E-state index is -0.446. The molecule has 0 saturated carbocycles. The van der Waals surface area contributed by atoms with E-state index >= 15 is 0 Å². The van der Waals surface area contributed by atoms with Crippen molar-refractivity contribution in [3.05, 3.63) is 51.4 Å². The number of rotatable bonds is 3. The first kappa shape index (κ1) is 15.7. The van der Waals surface area contributed by atoms with Gasteiger partial charge in [0.25, 0.3) is 5.56 Å². The van der Waals surface area contributed by atoms with Gasteiger partial charge in [-0.25, -0.2) is 9.48 Å². The number of aromatic nitrogens is 8. The molecule has 0 atom stereocenters. The number of benzene rings is 1. The average Bonchev–Trinajstić information content (AvgIpc) is 3.28. The quantitative estimate of drug-likeness (QED) is 0.498. The lowest BCUT2D eigenvalue weighted by atomic mass is 10.3. The maximum Gasteiger partial charge on any atom is 0.332 e. The molecule has 0 unspecified atom stereocenters. The average molecular weight is 354 g/mol. The molecule has 0 bridgehead atoms. The molecule has 26 heavy (non-hydrogen) atoms. The monoisotopic (exact) mass is 354 g/mol. The van der Waals surface area contributed by atoms with Crippen LogP contribution in [-0.4, -0.2) is 38.9 Å². The predicted octanol–water partition coefficient (Wildman–Crippen LogP) is -0.261. The molecule has 0 radical (unpaired) electrons. The molecule has 0 amide bonds. The van der Waals surface area contributed by atoms with Crippen LogP contribution in [0.3, 0.4) is 0 Å². The smallest absolute Gasteiger partial charge is 0.332 e. The fraction of sp³-hybridized carbons (Fsp3) is 0.200. The van der Waals surface area contributed by atoms with Gasteiger partial charge in [-0.15, -0.1) is 5.10 Å². The van der Waals surface area contributed by atoms with Crippen molar-refractivity contribution < 1.29 is 4.74 Å². The Morgan fingerprint density at radius 2 is 1.69 bits per heavy atom. The van der Waals surface area contributed by atoms with Gasteiger partial charge in [0.1, 0.15) is 12.1 Å². The summed E-state index contributed by atoms with van der Waals surface area (Å²) in [6.07, 6.45) is 1.48. The van der Waals surface area contributed by atoms with Crippen LogP contribution in [0.4, 0.5) is 0 Å². The molecule has 11 nitrogen and oxygen atoms in total. The summed E-state index contributed by atoms with van der Waals surface area (Å²) in [5, 5.41) is 11.0. The van der Waals surface area contributed by atoms with Crippen LogP contribution in [0, 0.1) is 0 Å². The molecule has 1 aromatic carbocycles. The molecular weight excluding hydrogens is 340 g/mol. The zero-order valence-corrected chi connectivity index (χ0v) is 14.2. The number of fused-ring (bicyclic) bond motifs is 1. The zero-order valence-electron chi connectivity index (χ0n) is 14.2. The third-order valence-electron chi connectivity index (χ3n) is 4.09. The molecule has 0 saturated heterocycles. The van der Waals surface area contributed by atoms with Crippen LogP contribution in [0.15, 0.2) is 40.2 Å². The number of hydrogen-bond donors (Lipinski definition) is 0. The Balaban J connectivity index is 1.75. The SMILES string of the molecule is Cn1c(=O)c2c(nc(Oc3ccc(-n4cnnn4)cc3)n2C)n(C)c1=O. The summed E-state index contributed by atoms with van der Waals surface area (Å²) in [4.78, 5) is 28.7. The van der Waals surface area contributed by atoms with Gasteiger partial charge in [-0.05, 0) is 34.7 Å². The third-order valence-corrected chi connectivity index (χ3v) is 4.09. The van der Waals surface area contributed by atoms with Crippen LogP contribution >= 0.6 is 0 Å². The van der Waals surface area contributed by atoms with Crippen LogP contribution in [0.2, 0.25) is 0 Å². The normalized spacial score (nSPS) is 11.2. The number of ether oxygens (including phenoxy) is 1. The molecule has 132 valence electrons. The van der Waals surface area contributed by atoms with E-state index in [4.69, 9.17) is 4.74 Å². The van der Waals surface area contributed by atoms with E-state index in [9.17, 15) is 9.59 Å². The number of imidazole rings is 1. The van der Waals surface area contributed by atoms with Gasteiger partial charge in [-0.2, -0.15) is 4.98 Å². The van der Waals surface area contributed by atoms with Gasteiger partial charge in [-0.1, -0.05) is 0 Å². The minimum Gasteiger partial charge on any atom is -0.425 e. The summed E-state index contributed by atoms with van der Waals surface area (Å²) in [6.45, 7) is 0. The molecule has 11 heteroatoms. The highest BCUT2D eigenvalue weighted by molar-refractivity contribution is 5.71. The van der Waals surface area contributed by atoms with Gasteiger partial charge >= 0.3 is 11.7 Å². The number of hydrogen-bond acceptors (Lipinski definition) is 7. The van der Waals surface area contributed by atoms with E-state index in [1.807, 2.05) is 0 Å². The Hall–Kier alpha value is -3.76. The van der Waals surface area contributed by atoms with Crippen molar-refractivity contribution in [1.82, 2.24) is 38.9 Å². The third kappa shape index (κ3) is 2.29. The standard InChI is InChI=1S/C15H14N8O3/c1-20-11-12(21(2)15(25)22(3)13(11)24)17-14(20)26-10-6-4-9(5-7-10)23-8-16-18-19-23/h4-8H,1-3H3. The van der Waals surface area contributed by atoms with Crippen molar-refractivity contribution in [3.8, 4) is 17.4 Å². The molecule has 3 aromatic heterocycles. The topological polar surface area (TPSA) is 115 Å². The first-order valence-corrected chi connectivity index (χ1v) is 7.61. The lowest BCUT2D eigenvalue weighted by Crippen LogP contribution is -2.37. The fourth-order valence-corrected chi connectivity index (χ4v) is 2.64. The molecule has 0 N–H and O–H groups in total. The second kappa shape index (κ2) is 5.65. The lowest BCUT2D eigenvalue weighted by Gasteiger charge is -2.06. The fourth-order valence-electron chi connectivity index (χ4n) is 2.64. The van der Waals surface area contributed by atoms with E-state index < -0.39 is 11.2 Å². The molecule has 0 aliphatic heterocycles. The molecule has 0 aliphatic carbocycles. The van der Waals surface area contributed by atoms with Gasteiger partial charge in [0.2, 0.25) is 0 Å². The van der Waals surface area contributed by atoms with E-state index in [-0.39, 0.29) is 17.2 Å². The van der Waals surface area contributed by atoms with Crippen LogP contribution in [0.25, 0.3) is 16.9 Å². The van der Waals surface area contributed by atoms with Crippen molar-refractivity contribution >= 4 is 11.2 Å². The Bertz CT molecular complexity index is 1220. The molecular formula is C15H14N8O3. The molecule has 4 rings (SSSR count). The number of nitrogens with zero attached hydrogens (tertiary/aromatic N) is 8. The van der Waals surface area contributed by atoms with Gasteiger partial charge < -0.3 is 4.74 Å². The predicted molar refractivity (Wildman–Crippen MR) is 90.4 cm³/mol. The van der Waals surface area contributed by atoms with Crippen LogP contribution in [0.5, 0.6) is 11.8 Å². The summed E-state index contributed by atoms with van der Waals surface area (Å²) in [6, 6.07) is 7.22. The highest BCUT2D eigenvalue weighted by Crippen LogP contribution is 2.23. The lowest BCUT2D eigenvalue weighted by molar-refractivity contribution is 0.427. The highest BCUT2D eigenvalue weighted by Gasteiger charge is 2.18. The van der Waals surface area contributed by atoms with Gasteiger partial charge in [0.15, 0.2) is 11.2 Å².